The number of rotatable bonds is 5. The quantitative estimate of drug-likeness (QED) is 0.744. The zero-order chi connectivity index (χ0) is 13.1. The van der Waals surface area contributed by atoms with Crippen LogP contribution >= 0.6 is 0 Å². The molecule has 98 valence electrons. The summed E-state index contributed by atoms with van der Waals surface area (Å²) in [7, 11) is 3.07. The van der Waals surface area contributed by atoms with Crippen LogP contribution in [0.3, 0.4) is 0 Å². The number of aliphatic carboxylic acids is 1. The van der Waals surface area contributed by atoms with Crippen molar-refractivity contribution < 1.29 is 22.2 Å². The summed E-state index contributed by atoms with van der Waals surface area (Å²) >= 11 is 0. The molecular formula is C12H19BaNO4. The SMILES string of the molecule is COc1ccc(CC(C)(N)C(=O)O)cc1OC.[Ba+2].[H-].[H-]. The Balaban J connectivity index is -0.000000963. The van der Waals surface area contributed by atoms with Gasteiger partial charge in [-0.15, -0.1) is 0 Å². The van der Waals surface area contributed by atoms with E-state index in [0.717, 1.165) is 5.56 Å². The molecule has 1 unspecified atom stereocenters. The van der Waals surface area contributed by atoms with Crippen LogP contribution in [0, 0.1) is 0 Å². The van der Waals surface area contributed by atoms with Crippen LogP contribution in [-0.2, 0) is 11.2 Å². The molecule has 5 nitrogen and oxygen atoms in total. The van der Waals surface area contributed by atoms with E-state index in [1.54, 1.807) is 25.3 Å². The van der Waals surface area contributed by atoms with Crippen molar-refractivity contribution >= 4 is 54.9 Å². The van der Waals surface area contributed by atoms with Gasteiger partial charge in [-0.3, -0.25) is 4.79 Å². The Bertz CT molecular complexity index is 430. The molecule has 18 heavy (non-hydrogen) atoms. The summed E-state index contributed by atoms with van der Waals surface area (Å²) in [4.78, 5) is 10.9. The zero-order valence-electron chi connectivity index (χ0n) is 12.9. The van der Waals surface area contributed by atoms with Gasteiger partial charge in [-0.25, -0.2) is 0 Å². The molecule has 0 aliphatic rings. The third kappa shape index (κ3) is 4.49. The molecule has 1 aromatic carbocycles. The molecule has 3 N–H and O–H groups in total. The summed E-state index contributed by atoms with van der Waals surface area (Å²) in [6, 6.07) is 5.23. The Morgan fingerprint density at radius 3 is 2.39 bits per heavy atom. The summed E-state index contributed by atoms with van der Waals surface area (Å²) in [6.07, 6.45) is 0.225. The molecule has 6 heteroatoms. The first-order valence-electron chi connectivity index (χ1n) is 5.14. The fraction of sp³-hybridized carbons (Fsp3) is 0.417. The van der Waals surface area contributed by atoms with E-state index in [9.17, 15) is 4.79 Å². The third-order valence-corrected chi connectivity index (χ3v) is 2.51. The van der Waals surface area contributed by atoms with Gasteiger partial charge in [0.25, 0.3) is 0 Å². The monoisotopic (exact) mass is 379 g/mol. The number of carboxylic acid groups (broad SMARTS) is 1. The Labute approximate surface area is 150 Å². The molecule has 0 saturated heterocycles. The van der Waals surface area contributed by atoms with E-state index in [4.69, 9.17) is 20.3 Å². The number of hydrogen-bond donors (Lipinski definition) is 2. The number of methoxy groups -OCH3 is 2. The van der Waals surface area contributed by atoms with Gasteiger partial charge in [0.15, 0.2) is 11.5 Å². The molecule has 0 radical (unpaired) electrons. The zero-order valence-corrected chi connectivity index (χ0v) is 15.3. The molecular weight excluding hydrogens is 359 g/mol. The van der Waals surface area contributed by atoms with Gasteiger partial charge in [0.1, 0.15) is 5.54 Å². The van der Waals surface area contributed by atoms with Crippen LogP contribution in [-0.4, -0.2) is 79.7 Å². The van der Waals surface area contributed by atoms with Crippen LogP contribution < -0.4 is 15.2 Å². The summed E-state index contributed by atoms with van der Waals surface area (Å²) in [5.41, 5.74) is 5.18. The minimum atomic E-state index is -1.29. The summed E-state index contributed by atoms with van der Waals surface area (Å²) in [5.74, 6) is 0.128. The fourth-order valence-electron chi connectivity index (χ4n) is 1.49. The van der Waals surface area contributed by atoms with Crippen molar-refractivity contribution in [1.82, 2.24) is 0 Å². The molecule has 0 saturated carbocycles. The van der Waals surface area contributed by atoms with Crippen molar-refractivity contribution in [2.45, 2.75) is 18.9 Å². The molecule has 1 atom stereocenters. The molecule has 0 spiro atoms. The maximum Gasteiger partial charge on any atom is 2.00 e. The second-order valence-electron chi connectivity index (χ2n) is 4.09. The van der Waals surface area contributed by atoms with Gasteiger partial charge >= 0.3 is 54.9 Å². The second kappa shape index (κ2) is 7.42. The molecule has 0 aliphatic heterocycles. The van der Waals surface area contributed by atoms with Gasteiger partial charge in [-0.05, 0) is 24.6 Å². The maximum atomic E-state index is 10.9. The summed E-state index contributed by atoms with van der Waals surface area (Å²) in [6.45, 7) is 1.48. The van der Waals surface area contributed by atoms with Gasteiger partial charge in [0.2, 0.25) is 0 Å². The Hall–Kier alpha value is -0.179. The normalized spacial score (nSPS) is 13.1. The maximum absolute atomic E-state index is 10.9. The van der Waals surface area contributed by atoms with Gasteiger partial charge in [-0.1, -0.05) is 6.07 Å². The first-order valence-corrected chi connectivity index (χ1v) is 5.14. The Kier molecular flexibility index (Phi) is 7.35. The van der Waals surface area contributed by atoms with Crippen molar-refractivity contribution in [2.24, 2.45) is 5.73 Å². The molecule has 0 fully saturated rings. The van der Waals surface area contributed by atoms with E-state index in [0.29, 0.717) is 11.5 Å². The van der Waals surface area contributed by atoms with Crippen molar-refractivity contribution in [3.05, 3.63) is 23.8 Å². The Morgan fingerprint density at radius 2 is 1.94 bits per heavy atom. The molecule has 1 rings (SSSR count). The average molecular weight is 379 g/mol. The van der Waals surface area contributed by atoms with Crippen molar-refractivity contribution in [3.8, 4) is 11.5 Å². The number of ether oxygens (including phenoxy) is 2. The number of nitrogens with two attached hydrogens (primary N) is 1. The van der Waals surface area contributed by atoms with Crippen LogP contribution in [0.2, 0.25) is 0 Å². The van der Waals surface area contributed by atoms with Gasteiger partial charge in [0, 0.05) is 6.42 Å². The van der Waals surface area contributed by atoms with Gasteiger partial charge in [-0.2, -0.15) is 0 Å². The molecule has 0 amide bonds. The second-order valence-corrected chi connectivity index (χ2v) is 4.09. The van der Waals surface area contributed by atoms with E-state index in [-0.39, 0.29) is 58.2 Å². The van der Waals surface area contributed by atoms with Crippen LogP contribution in [0.4, 0.5) is 0 Å². The average Bonchev–Trinajstić information content (AvgIpc) is 2.28. The number of hydrogen-bond acceptors (Lipinski definition) is 4. The fourth-order valence-corrected chi connectivity index (χ4v) is 1.49. The first kappa shape index (κ1) is 17.8. The summed E-state index contributed by atoms with van der Waals surface area (Å²) < 4.78 is 10.2. The van der Waals surface area contributed by atoms with Crippen LogP contribution in [0.5, 0.6) is 11.5 Å². The minimum absolute atomic E-state index is 0. The van der Waals surface area contributed by atoms with Crippen molar-refractivity contribution in [3.63, 3.8) is 0 Å². The predicted molar refractivity (Wildman–Crippen MR) is 71.5 cm³/mol. The van der Waals surface area contributed by atoms with Crippen molar-refractivity contribution in [2.75, 3.05) is 14.2 Å². The van der Waals surface area contributed by atoms with E-state index < -0.39 is 11.5 Å². The molecule has 0 bridgehead atoms. The van der Waals surface area contributed by atoms with E-state index in [1.165, 1.54) is 14.0 Å². The number of carbonyl (C=O) groups is 1. The minimum Gasteiger partial charge on any atom is -1.00 e. The van der Waals surface area contributed by atoms with Gasteiger partial charge in [0.05, 0.1) is 14.2 Å². The first-order chi connectivity index (χ1) is 7.90. The standard InChI is InChI=1S/C12H17NO4.Ba.2H/c1-12(13,11(14)15)7-8-4-5-9(16-2)10(6-8)17-3;;;/h4-6H,7,13H2,1-3H3,(H,14,15);;;/q;+2;2*-1. The topological polar surface area (TPSA) is 81.8 Å². The number of benzene rings is 1. The van der Waals surface area contributed by atoms with E-state index >= 15 is 0 Å². The third-order valence-electron chi connectivity index (χ3n) is 2.51. The van der Waals surface area contributed by atoms with Crippen LogP contribution in [0.25, 0.3) is 0 Å². The van der Waals surface area contributed by atoms with Crippen LogP contribution in [0.15, 0.2) is 18.2 Å². The summed E-state index contributed by atoms with van der Waals surface area (Å²) in [5, 5.41) is 8.95. The smallest absolute Gasteiger partial charge is 1.00 e. The largest absolute Gasteiger partial charge is 2.00 e. The molecule has 0 heterocycles. The Morgan fingerprint density at radius 1 is 1.39 bits per heavy atom. The van der Waals surface area contributed by atoms with E-state index in [2.05, 4.69) is 0 Å². The van der Waals surface area contributed by atoms with Crippen molar-refractivity contribution in [1.29, 1.82) is 0 Å². The predicted octanol–water partition coefficient (Wildman–Crippen LogP) is 0.892. The molecule has 1 aromatic rings. The van der Waals surface area contributed by atoms with Gasteiger partial charge < -0.3 is 23.2 Å². The van der Waals surface area contributed by atoms with Crippen LogP contribution in [0.1, 0.15) is 15.3 Å². The van der Waals surface area contributed by atoms with E-state index in [1.807, 2.05) is 0 Å². The number of carboxylic acids is 1. The molecule has 0 aliphatic carbocycles. The molecule has 0 aromatic heterocycles.